The predicted molar refractivity (Wildman–Crippen MR) is 76.9 cm³/mol. The summed E-state index contributed by atoms with van der Waals surface area (Å²) in [5.74, 6) is 1.27. The molecule has 0 aliphatic carbocycles. The van der Waals surface area contributed by atoms with E-state index in [9.17, 15) is 4.79 Å². The highest BCUT2D eigenvalue weighted by atomic mass is 16.6. The van der Waals surface area contributed by atoms with Crippen LogP contribution >= 0.6 is 0 Å². The number of carbonyl (C=O) groups excluding carboxylic acids is 1. The van der Waals surface area contributed by atoms with Crippen molar-refractivity contribution in [2.24, 2.45) is 5.73 Å². The molecule has 0 bridgehead atoms. The molecule has 1 unspecified atom stereocenters. The van der Waals surface area contributed by atoms with Crippen molar-refractivity contribution >= 4 is 5.91 Å². The second-order valence-electron chi connectivity index (χ2n) is 4.83. The zero-order chi connectivity index (χ0) is 14.4. The SMILES string of the molecule is CCCCN(CCN)C(=O)C1COc2ccccc2O1. The molecule has 2 rings (SSSR count). The Morgan fingerprint density at radius 2 is 2.10 bits per heavy atom. The molecule has 1 heterocycles. The van der Waals surface area contributed by atoms with Crippen LogP contribution in [0.2, 0.25) is 0 Å². The highest BCUT2D eigenvalue weighted by molar-refractivity contribution is 5.82. The van der Waals surface area contributed by atoms with Gasteiger partial charge >= 0.3 is 0 Å². The summed E-state index contributed by atoms with van der Waals surface area (Å²) in [6.45, 7) is 4.08. The van der Waals surface area contributed by atoms with Gasteiger partial charge < -0.3 is 20.1 Å². The molecule has 20 heavy (non-hydrogen) atoms. The summed E-state index contributed by atoms with van der Waals surface area (Å²) in [4.78, 5) is 14.2. The molecule has 0 spiro atoms. The Bertz CT molecular complexity index is 450. The molecule has 5 nitrogen and oxygen atoms in total. The van der Waals surface area contributed by atoms with Crippen molar-refractivity contribution in [3.8, 4) is 11.5 Å². The minimum absolute atomic E-state index is 0.0431. The molecule has 0 radical (unpaired) electrons. The van der Waals surface area contributed by atoms with Crippen LogP contribution in [-0.4, -0.2) is 43.2 Å². The van der Waals surface area contributed by atoms with E-state index < -0.39 is 6.10 Å². The van der Waals surface area contributed by atoms with Gasteiger partial charge in [-0.1, -0.05) is 25.5 Å². The molecule has 1 aliphatic rings. The molecule has 0 saturated carbocycles. The standard InChI is InChI=1S/C15H22N2O3/c1-2-3-9-17(10-8-16)15(18)14-11-19-12-6-4-5-7-13(12)20-14/h4-7,14H,2-3,8-11,16H2,1H3. The number of rotatable bonds is 6. The van der Waals surface area contributed by atoms with Crippen molar-refractivity contribution in [1.82, 2.24) is 4.90 Å². The first kappa shape index (κ1) is 14.7. The van der Waals surface area contributed by atoms with Crippen LogP contribution in [0.4, 0.5) is 0 Å². The lowest BCUT2D eigenvalue weighted by Crippen LogP contribution is -2.48. The number of hydrogen-bond acceptors (Lipinski definition) is 4. The first-order chi connectivity index (χ1) is 9.76. The maximum Gasteiger partial charge on any atom is 0.267 e. The third-order valence-corrected chi connectivity index (χ3v) is 3.28. The molecule has 0 saturated heterocycles. The van der Waals surface area contributed by atoms with E-state index >= 15 is 0 Å². The van der Waals surface area contributed by atoms with Crippen LogP contribution in [0, 0.1) is 0 Å². The van der Waals surface area contributed by atoms with Crippen molar-refractivity contribution in [2.45, 2.75) is 25.9 Å². The third-order valence-electron chi connectivity index (χ3n) is 3.28. The van der Waals surface area contributed by atoms with Crippen LogP contribution in [0.25, 0.3) is 0 Å². The molecule has 1 amide bonds. The van der Waals surface area contributed by atoms with Crippen LogP contribution < -0.4 is 15.2 Å². The van der Waals surface area contributed by atoms with Gasteiger partial charge in [0.05, 0.1) is 0 Å². The summed E-state index contributed by atoms with van der Waals surface area (Å²) in [5, 5.41) is 0. The fourth-order valence-electron chi connectivity index (χ4n) is 2.18. The number of fused-ring (bicyclic) bond motifs is 1. The van der Waals surface area contributed by atoms with Gasteiger partial charge in [0.15, 0.2) is 11.5 Å². The molecule has 0 aromatic heterocycles. The van der Waals surface area contributed by atoms with Gasteiger partial charge in [-0.2, -0.15) is 0 Å². The number of nitrogens with two attached hydrogens (primary N) is 1. The topological polar surface area (TPSA) is 64.8 Å². The van der Waals surface area contributed by atoms with Crippen LogP contribution in [0.15, 0.2) is 24.3 Å². The summed E-state index contributed by atoms with van der Waals surface area (Å²) >= 11 is 0. The molecular weight excluding hydrogens is 256 g/mol. The molecule has 1 aliphatic heterocycles. The summed E-state index contributed by atoms with van der Waals surface area (Å²) in [6.07, 6.45) is 1.43. The Hall–Kier alpha value is -1.75. The lowest BCUT2D eigenvalue weighted by Gasteiger charge is -2.30. The van der Waals surface area contributed by atoms with Crippen LogP contribution in [0.3, 0.4) is 0 Å². The maximum atomic E-state index is 12.5. The van der Waals surface area contributed by atoms with Gasteiger partial charge in [0.2, 0.25) is 6.10 Å². The molecule has 2 N–H and O–H groups in total. The Labute approximate surface area is 119 Å². The van der Waals surface area contributed by atoms with Crippen LogP contribution in [0.1, 0.15) is 19.8 Å². The Kier molecular flexibility index (Phi) is 5.24. The maximum absolute atomic E-state index is 12.5. The highest BCUT2D eigenvalue weighted by Gasteiger charge is 2.30. The van der Waals surface area contributed by atoms with Gasteiger partial charge in [-0.3, -0.25) is 4.79 Å². The van der Waals surface area contributed by atoms with Crippen molar-refractivity contribution in [1.29, 1.82) is 0 Å². The van der Waals surface area contributed by atoms with Gasteiger partial charge in [-0.15, -0.1) is 0 Å². The number of amides is 1. The van der Waals surface area contributed by atoms with E-state index in [2.05, 4.69) is 6.92 Å². The first-order valence-corrected chi connectivity index (χ1v) is 7.13. The van der Waals surface area contributed by atoms with E-state index in [-0.39, 0.29) is 12.5 Å². The van der Waals surface area contributed by atoms with Gasteiger partial charge in [-0.05, 0) is 18.6 Å². The summed E-state index contributed by atoms with van der Waals surface area (Å²) < 4.78 is 11.3. The number of carbonyl (C=O) groups is 1. The summed E-state index contributed by atoms with van der Waals surface area (Å²) in [7, 11) is 0. The Balaban J connectivity index is 2.01. The number of ether oxygens (including phenoxy) is 2. The average molecular weight is 278 g/mol. The second-order valence-corrected chi connectivity index (χ2v) is 4.83. The lowest BCUT2D eigenvalue weighted by atomic mass is 10.2. The summed E-state index contributed by atoms with van der Waals surface area (Å²) in [5.41, 5.74) is 5.58. The quantitative estimate of drug-likeness (QED) is 0.854. The van der Waals surface area contributed by atoms with E-state index in [0.29, 0.717) is 31.1 Å². The zero-order valence-corrected chi connectivity index (χ0v) is 11.9. The highest BCUT2D eigenvalue weighted by Crippen LogP contribution is 2.31. The van der Waals surface area contributed by atoms with Crippen LogP contribution in [-0.2, 0) is 4.79 Å². The second kappa shape index (κ2) is 7.14. The fourth-order valence-corrected chi connectivity index (χ4v) is 2.18. The molecular formula is C15H22N2O3. The van der Waals surface area contributed by atoms with E-state index in [4.69, 9.17) is 15.2 Å². The first-order valence-electron chi connectivity index (χ1n) is 7.13. The minimum Gasteiger partial charge on any atom is -0.485 e. The lowest BCUT2D eigenvalue weighted by molar-refractivity contribution is -0.141. The smallest absolute Gasteiger partial charge is 0.267 e. The molecule has 1 atom stereocenters. The van der Waals surface area contributed by atoms with Crippen molar-refractivity contribution < 1.29 is 14.3 Å². The molecule has 0 fully saturated rings. The Morgan fingerprint density at radius 3 is 2.80 bits per heavy atom. The Morgan fingerprint density at radius 1 is 1.35 bits per heavy atom. The molecule has 5 heteroatoms. The van der Waals surface area contributed by atoms with Crippen molar-refractivity contribution in [3.63, 3.8) is 0 Å². The third kappa shape index (κ3) is 3.42. The van der Waals surface area contributed by atoms with Crippen molar-refractivity contribution in [3.05, 3.63) is 24.3 Å². The number of unbranched alkanes of at least 4 members (excludes halogenated alkanes) is 1. The van der Waals surface area contributed by atoms with Gasteiger partial charge in [0, 0.05) is 19.6 Å². The van der Waals surface area contributed by atoms with E-state index in [1.165, 1.54) is 0 Å². The van der Waals surface area contributed by atoms with E-state index in [1.54, 1.807) is 4.90 Å². The average Bonchev–Trinajstić information content (AvgIpc) is 2.50. The number of nitrogens with zero attached hydrogens (tertiary/aromatic N) is 1. The normalized spacial score (nSPS) is 16.8. The fraction of sp³-hybridized carbons (Fsp3) is 0.533. The monoisotopic (exact) mass is 278 g/mol. The summed E-state index contributed by atoms with van der Waals surface area (Å²) in [6, 6.07) is 7.40. The number of hydrogen-bond donors (Lipinski definition) is 1. The number of para-hydroxylation sites is 2. The van der Waals surface area contributed by atoms with Gasteiger partial charge in [0.25, 0.3) is 5.91 Å². The zero-order valence-electron chi connectivity index (χ0n) is 11.9. The molecule has 1 aromatic rings. The largest absolute Gasteiger partial charge is 0.485 e. The predicted octanol–water partition coefficient (Wildman–Crippen LogP) is 1.41. The van der Waals surface area contributed by atoms with E-state index in [0.717, 1.165) is 12.8 Å². The van der Waals surface area contributed by atoms with Gasteiger partial charge in [0.1, 0.15) is 6.61 Å². The van der Waals surface area contributed by atoms with E-state index in [1.807, 2.05) is 24.3 Å². The van der Waals surface area contributed by atoms with Crippen molar-refractivity contribution in [2.75, 3.05) is 26.2 Å². The molecule has 1 aromatic carbocycles. The molecule has 110 valence electrons. The van der Waals surface area contributed by atoms with Crippen LogP contribution in [0.5, 0.6) is 11.5 Å². The van der Waals surface area contributed by atoms with Gasteiger partial charge in [-0.25, -0.2) is 0 Å². The minimum atomic E-state index is -0.576. The number of benzene rings is 1.